The van der Waals surface area contributed by atoms with Crippen LogP contribution >= 0.6 is 38.9 Å². The molecule has 2 heterocycles. The SMILES string of the molecule is CN(Cc1cc(Br)cs1)C(=O)C1Cc2cc(Cl)ccc2O1. The van der Waals surface area contributed by atoms with Crippen molar-refractivity contribution in [1.82, 2.24) is 4.90 Å². The van der Waals surface area contributed by atoms with Crippen LogP contribution in [0.5, 0.6) is 5.75 Å². The molecule has 0 N–H and O–H groups in total. The van der Waals surface area contributed by atoms with E-state index in [9.17, 15) is 4.79 Å². The smallest absolute Gasteiger partial charge is 0.264 e. The van der Waals surface area contributed by atoms with E-state index in [4.69, 9.17) is 16.3 Å². The number of benzene rings is 1. The molecule has 1 aliphatic heterocycles. The highest BCUT2D eigenvalue weighted by Crippen LogP contribution is 2.32. The number of halogens is 2. The molecule has 3 nitrogen and oxygen atoms in total. The number of ether oxygens (including phenoxy) is 1. The molecule has 1 aliphatic rings. The number of carbonyl (C=O) groups is 1. The molecule has 110 valence electrons. The number of rotatable bonds is 3. The van der Waals surface area contributed by atoms with Crippen molar-refractivity contribution in [3.8, 4) is 5.75 Å². The van der Waals surface area contributed by atoms with Gasteiger partial charge in [0, 0.05) is 33.2 Å². The van der Waals surface area contributed by atoms with Crippen LogP contribution in [0.4, 0.5) is 0 Å². The largest absolute Gasteiger partial charge is 0.480 e. The molecular weight excluding hydrogens is 374 g/mol. The average Bonchev–Trinajstić information content (AvgIpc) is 3.03. The Bertz CT molecular complexity index is 688. The third-order valence-corrected chi connectivity index (χ3v) is 5.28. The van der Waals surface area contributed by atoms with Crippen molar-refractivity contribution in [3.63, 3.8) is 0 Å². The van der Waals surface area contributed by atoms with Gasteiger partial charge >= 0.3 is 0 Å². The molecule has 1 aromatic heterocycles. The Kier molecular flexibility index (Phi) is 4.24. The fourth-order valence-corrected chi connectivity index (χ4v) is 4.05. The highest BCUT2D eigenvalue weighted by molar-refractivity contribution is 9.10. The Morgan fingerprint density at radius 1 is 1.52 bits per heavy atom. The fourth-order valence-electron chi connectivity index (χ4n) is 2.35. The first-order chi connectivity index (χ1) is 10.0. The zero-order valence-electron chi connectivity index (χ0n) is 11.3. The minimum absolute atomic E-state index is 0.00755. The van der Waals surface area contributed by atoms with E-state index in [0.717, 1.165) is 20.7 Å². The number of hydrogen-bond acceptors (Lipinski definition) is 3. The van der Waals surface area contributed by atoms with E-state index in [1.54, 1.807) is 29.4 Å². The summed E-state index contributed by atoms with van der Waals surface area (Å²) in [7, 11) is 1.80. The van der Waals surface area contributed by atoms with Crippen LogP contribution in [0.1, 0.15) is 10.4 Å². The summed E-state index contributed by atoms with van der Waals surface area (Å²) in [6, 6.07) is 7.49. The molecule has 1 unspecified atom stereocenters. The minimum Gasteiger partial charge on any atom is -0.480 e. The number of nitrogens with zero attached hydrogens (tertiary/aromatic N) is 1. The summed E-state index contributed by atoms with van der Waals surface area (Å²) in [6.07, 6.45) is 0.125. The minimum atomic E-state index is -0.452. The number of carbonyl (C=O) groups excluding carboxylic acids is 1. The van der Waals surface area contributed by atoms with Crippen LogP contribution in [0.3, 0.4) is 0 Å². The summed E-state index contributed by atoms with van der Waals surface area (Å²) in [5.74, 6) is 0.747. The molecule has 0 radical (unpaired) electrons. The van der Waals surface area contributed by atoms with Crippen molar-refractivity contribution in [2.24, 2.45) is 0 Å². The van der Waals surface area contributed by atoms with Crippen LogP contribution in [0.25, 0.3) is 0 Å². The van der Waals surface area contributed by atoms with E-state index in [1.165, 1.54) is 0 Å². The monoisotopic (exact) mass is 385 g/mol. The first-order valence-electron chi connectivity index (χ1n) is 6.46. The Morgan fingerprint density at radius 2 is 2.33 bits per heavy atom. The van der Waals surface area contributed by atoms with Crippen molar-refractivity contribution in [1.29, 1.82) is 0 Å². The molecule has 2 aromatic rings. The first kappa shape index (κ1) is 14.9. The molecule has 3 rings (SSSR count). The fraction of sp³-hybridized carbons (Fsp3) is 0.267. The second-order valence-electron chi connectivity index (χ2n) is 4.99. The van der Waals surface area contributed by atoms with Gasteiger partial charge < -0.3 is 9.64 Å². The lowest BCUT2D eigenvalue weighted by Gasteiger charge is -2.20. The predicted octanol–water partition coefficient (Wildman–Crippen LogP) is 4.13. The van der Waals surface area contributed by atoms with Gasteiger partial charge in [-0.2, -0.15) is 0 Å². The molecule has 0 saturated heterocycles. The number of thiophene rings is 1. The van der Waals surface area contributed by atoms with Gasteiger partial charge in [0.25, 0.3) is 5.91 Å². The van der Waals surface area contributed by atoms with Crippen LogP contribution in [0, 0.1) is 0 Å². The third-order valence-electron chi connectivity index (χ3n) is 3.36. The van der Waals surface area contributed by atoms with Crippen molar-refractivity contribution >= 4 is 44.8 Å². The molecule has 0 saturated carbocycles. The second-order valence-corrected chi connectivity index (χ2v) is 7.34. The molecule has 6 heteroatoms. The predicted molar refractivity (Wildman–Crippen MR) is 88.1 cm³/mol. The molecule has 1 aromatic carbocycles. The van der Waals surface area contributed by atoms with Crippen LogP contribution in [0.2, 0.25) is 5.02 Å². The number of amides is 1. The van der Waals surface area contributed by atoms with Crippen molar-refractivity contribution < 1.29 is 9.53 Å². The van der Waals surface area contributed by atoms with E-state index >= 15 is 0 Å². The van der Waals surface area contributed by atoms with E-state index in [2.05, 4.69) is 15.9 Å². The van der Waals surface area contributed by atoms with Gasteiger partial charge in [0.1, 0.15) is 5.75 Å². The number of fused-ring (bicyclic) bond motifs is 1. The van der Waals surface area contributed by atoms with Crippen molar-refractivity contribution in [2.75, 3.05) is 7.05 Å². The summed E-state index contributed by atoms with van der Waals surface area (Å²) in [6.45, 7) is 0.589. The average molecular weight is 387 g/mol. The quantitative estimate of drug-likeness (QED) is 0.794. The van der Waals surface area contributed by atoms with Gasteiger partial charge in [-0.15, -0.1) is 11.3 Å². The Balaban J connectivity index is 1.66. The lowest BCUT2D eigenvalue weighted by atomic mass is 10.1. The maximum absolute atomic E-state index is 12.5. The summed E-state index contributed by atoms with van der Waals surface area (Å²) >= 11 is 11.0. The molecule has 0 aliphatic carbocycles. The van der Waals surface area contributed by atoms with E-state index in [1.807, 2.05) is 23.6 Å². The van der Waals surface area contributed by atoms with Gasteiger partial charge in [0.05, 0.1) is 6.54 Å². The third kappa shape index (κ3) is 3.25. The maximum atomic E-state index is 12.5. The summed E-state index contributed by atoms with van der Waals surface area (Å²) in [5.41, 5.74) is 0.994. The van der Waals surface area contributed by atoms with Crippen LogP contribution in [0.15, 0.2) is 34.1 Å². The van der Waals surface area contributed by atoms with Crippen molar-refractivity contribution in [3.05, 3.63) is 49.6 Å². The summed E-state index contributed by atoms with van der Waals surface area (Å²) < 4.78 is 6.78. The normalized spacial score (nSPS) is 16.4. The molecule has 0 bridgehead atoms. The lowest BCUT2D eigenvalue weighted by molar-refractivity contribution is -0.137. The van der Waals surface area contributed by atoms with Crippen LogP contribution in [-0.2, 0) is 17.8 Å². The molecule has 0 spiro atoms. The van der Waals surface area contributed by atoms with Gasteiger partial charge in [-0.1, -0.05) is 11.6 Å². The Morgan fingerprint density at radius 3 is 3.05 bits per heavy atom. The van der Waals surface area contributed by atoms with Gasteiger partial charge in [0.15, 0.2) is 6.10 Å². The summed E-state index contributed by atoms with van der Waals surface area (Å²) in [5, 5.41) is 2.68. The van der Waals surface area contributed by atoms with E-state index < -0.39 is 6.10 Å². The van der Waals surface area contributed by atoms with Crippen LogP contribution < -0.4 is 4.74 Å². The zero-order chi connectivity index (χ0) is 15.0. The highest BCUT2D eigenvalue weighted by Gasteiger charge is 2.31. The highest BCUT2D eigenvalue weighted by atomic mass is 79.9. The molecule has 0 fully saturated rings. The molecule has 1 amide bonds. The standard InChI is InChI=1S/C15H13BrClNO2S/c1-18(7-12-6-10(16)8-21-12)15(19)14-5-9-4-11(17)2-3-13(9)20-14/h2-4,6,8,14H,5,7H2,1H3. The summed E-state index contributed by atoms with van der Waals surface area (Å²) in [4.78, 5) is 15.3. The number of likely N-dealkylation sites (N-methyl/N-ethyl adjacent to an activating group) is 1. The van der Waals surface area contributed by atoms with Crippen LogP contribution in [-0.4, -0.2) is 24.0 Å². The number of hydrogen-bond donors (Lipinski definition) is 0. The van der Waals surface area contributed by atoms with Gasteiger partial charge in [0.2, 0.25) is 0 Å². The van der Waals surface area contributed by atoms with E-state index in [-0.39, 0.29) is 5.91 Å². The topological polar surface area (TPSA) is 29.5 Å². The molecule has 21 heavy (non-hydrogen) atoms. The molecular formula is C15H13BrClNO2S. The molecule has 1 atom stereocenters. The van der Waals surface area contributed by atoms with Gasteiger partial charge in [-0.25, -0.2) is 0 Å². The first-order valence-corrected chi connectivity index (χ1v) is 8.51. The zero-order valence-corrected chi connectivity index (χ0v) is 14.5. The van der Waals surface area contributed by atoms with Gasteiger partial charge in [-0.05, 0) is 45.8 Å². The lowest BCUT2D eigenvalue weighted by Crippen LogP contribution is -2.38. The van der Waals surface area contributed by atoms with E-state index in [0.29, 0.717) is 18.0 Å². The second kappa shape index (κ2) is 5.99. The Hall–Kier alpha value is -1.04. The van der Waals surface area contributed by atoms with Gasteiger partial charge in [-0.3, -0.25) is 4.79 Å². The van der Waals surface area contributed by atoms with Crippen molar-refractivity contribution in [2.45, 2.75) is 19.1 Å². The maximum Gasteiger partial charge on any atom is 0.264 e. The Labute approximate surface area is 140 Å².